The van der Waals surface area contributed by atoms with Crippen molar-refractivity contribution in [1.82, 2.24) is 49.6 Å². The van der Waals surface area contributed by atoms with Crippen molar-refractivity contribution in [2.75, 3.05) is 89.2 Å². The Labute approximate surface area is 365 Å². The molecular weight excluding hydrogens is 801 g/mol. The van der Waals surface area contributed by atoms with Crippen LogP contribution in [0.5, 0.6) is 11.5 Å². The number of nitrogens with one attached hydrogen (secondary N) is 1. The smallest absolute Gasteiger partial charge is 0.320 e. The fourth-order valence-electron chi connectivity index (χ4n) is 9.72. The highest BCUT2D eigenvalue weighted by atomic mass is 16.5. The summed E-state index contributed by atoms with van der Waals surface area (Å²) in [6, 6.07) is 22.8. The van der Waals surface area contributed by atoms with Gasteiger partial charge in [0.05, 0.1) is 11.4 Å². The van der Waals surface area contributed by atoms with E-state index in [1.807, 2.05) is 81.2 Å². The summed E-state index contributed by atoms with van der Waals surface area (Å²) in [5, 5.41) is 8.16. The number of piperidine rings is 2. The number of nitrogen functional groups attached to an aromatic ring is 1. The second kappa shape index (κ2) is 17.3. The lowest BCUT2D eigenvalue weighted by atomic mass is 10.0. The standard InChI is InChI=1S/C46H52N12O5/c47-42-40-41(31-8-11-36(12-9-31)63-35-6-2-1-3-7-35)51-58(43(40)49-30-48-42)34-5-4-16-56(29-34)46(62)55-25-21-53(22-26-55)18-17-52-19-23-54(24-20-52)33-10-13-37-32(27-33)28-57(45(37)61)38-14-15-39(59)50-44(38)60/h1-3,6-13,27,30,34,38H,4-5,14-26,28-29H2,(H2,47,48,49)(H,50,59,60). The first kappa shape index (κ1) is 40.5. The number of urea groups is 1. The molecule has 2 atom stereocenters. The average Bonchev–Trinajstić information content (AvgIpc) is 3.87. The molecule has 17 heteroatoms. The van der Waals surface area contributed by atoms with E-state index >= 15 is 0 Å². The Kier molecular flexibility index (Phi) is 11.1. The number of piperazine rings is 2. The van der Waals surface area contributed by atoms with Gasteiger partial charge in [-0.3, -0.25) is 29.5 Å². The highest BCUT2D eigenvalue weighted by Crippen LogP contribution is 2.36. The summed E-state index contributed by atoms with van der Waals surface area (Å²) in [6.45, 7) is 10.3. The van der Waals surface area contributed by atoms with Crippen molar-refractivity contribution in [2.45, 2.75) is 44.3 Å². The van der Waals surface area contributed by atoms with Gasteiger partial charge < -0.3 is 30.1 Å². The summed E-state index contributed by atoms with van der Waals surface area (Å²) in [7, 11) is 0. The molecule has 5 amide bonds. The molecule has 7 heterocycles. The van der Waals surface area contributed by atoms with Gasteiger partial charge in [0.1, 0.15) is 35.4 Å². The van der Waals surface area contributed by atoms with E-state index in [9.17, 15) is 19.2 Å². The van der Waals surface area contributed by atoms with E-state index < -0.39 is 11.9 Å². The number of fused-ring (bicyclic) bond motifs is 2. The largest absolute Gasteiger partial charge is 0.457 e. The summed E-state index contributed by atoms with van der Waals surface area (Å²) >= 11 is 0. The number of anilines is 2. The Bertz CT molecular complexity index is 2520. The highest BCUT2D eigenvalue weighted by Gasteiger charge is 2.39. The van der Waals surface area contributed by atoms with Crippen LogP contribution in [0, 0.1) is 0 Å². The SMILES string of the molecule is Nc1ncnc2c1c(-c1ccc(Oc3ccccc3)cc1)nn2C1CCCN(C(=O)N2CCN(CCN3CCN(c4ccc5c(c4)CN(C4CCC(=O)NC4=O)C5=O)CC3)CC2)C1. The van der Waals surface area contributed by atoms with Gasteiger partial charge in [-0.1, -0.05) is 18.2 Å². The fraction of sp³-hybridized carbons (Fsp3) is 0.413. The second-order valence-electron chi connectivity index (χ2n) is 17.1. The van der Waals surface area contributed by atoms with Crippen molar-refractivity contribution in [3.63, 3.8) is 0 Å². The Morgan fingerprint density at radius 2 is 1.52 bits per heavy atom. The van der Waals surface area contributed by atoms with Gasteiger partial charge >= 0.3 is 6.03 Å². The number of imide groups is 1. The van der Waals surface area contributed by atoms with Crippen LogP contribution in [0.2, 0.25) is 0 Å². The van der Waals surface area contributed by atoms with Crippen LogP contribution in [0.15, 0.2) is 79.1 Å². The molecule has 63 heavy (non-hydrogen) atoms. The van der Waals surface area contributed by atoms with E-state index in [0.717, 1.165) is 87.8 Å². The van der Waals surface area contributed by atoms with Gasteiger partial charge in [-0.05, 0) is 79.4 Å². The minimum Gasteiger partial charge on any atom is -0.457 e. The number of hydrogen-bond acceptors (Lipinski definition) is 12. The van der Waals surface area contributed by atoms with Crippen molar-refractivity contribution >= 4 is 46.3 Å². The minimum atomic E-state index is -0.611. The third-order valence-corrected chi connectivity index (χ3v) is 13.3. The van der Waals surface area contributed by atoms with E-state index in [0.29, 0.717) is 73.0 Å². The van der Waals surface area contributed by atoms with Crippen LogP contribution in [-0.2, 0) is 16.1 Å². The lowest BCUT2D eigenvalue weighted by Gasteiger charge is -2.41. The van der Waals surface area contributed by atoms with Crippen molar-refractivity contribution in [3.05, 3.63) is 90.3 Å². The van der Waals surface area contributed by atoms with E-state index in [1.54, 1.807) is 4.90 Å². The summed E-state index contributed by atoms with van der Waals surface area (Å²) in [5.74, 6) is 1.02. The Hall–Kier alpha value is -6.59. The molecule has 17 nitrogen and oxygen atoms in total. The van der Waals surface area contributed by atoms with E-state index in [-0.39, 0.29) is 30.3 Å². The molecule has 4 saturated heterocycles. The highest BCUT2D eigenvalue weighted by molar-refractivity contribution is 6.05. The Morgan fingerprint density at radius 1 is 0.794 bits per heavy atom. The number of rotatable bonds is 9. The molecular formula is C46H52N12O5. The van der Waals surface area contributed by atoms with E-state index in [4.69, 9.17) is 15.6 Å². The number of carbonyl (C=O) groups is 4. The first-order valence-corrected chi connectivity index (χ1v) is 22.1. The maximum atomic E-state index is 14.0. The van der Waals surface area contributed by atoms with Crippen LogP contribution in [-0.4, -0.2) is 153 Å². The van der Waals surface area contributed by atoms with Crippen LogP contribution < -0.4 is 20.7 Å². The third-order valence-electron chi connectivity index (χ3n) is 13.3. The van der Waals surface area contributed by atoms with Crippen molar-refractivity contribution in [1.29, 1.82) is 0 Å². The first-order chi connectivity index (χ1) is 30.8. The minimum absolute atomic E-state index is 0.0575. The van der Waals surface area contributed by atoms with Gasteiger partial charge in [-0.15, -0.1) is 0 Å². The van der Waals surface area contributed by atoms with Crippen LogP contribution in [0.4, 0.5) is 16.3 Å². The molecule has 10 rings (SSSR count). The molecule has 0 spiro atoms. The van der Waals surface area contributed by atoms with Gasteiger partial charge in [0.2, 0.25) is 11.8 Å². The predicted molar refractivity (Wildman–Crippen MR) is 236 cm³/mol. The number of benzene rings is 3. The van der Waals surface area contributed by atoms with Crippen LogP contribution >= 0.6 is 0 Å². The van der Waals surface area contributed by atoms with E-state index in [2.05, 4.69) is 36.1 Å². The van der Waals surface area contributed by atoms with Crippen LogP contribution in [0.1, 0.15) is 47.6 Å². The molecule has 0 saturated carbocycles. The first-order valence-electron chi connectivity index (χ1n) is 22.1. The zero-order valence-corrected chi connectivity index (χ0v) is 35.3. The summed E-state index contributed by atoms with van der Waals surface area (Å²) in [6.07, 6.45) is 3.81. The van der Waals surface area contributed by atoms with Gasteiger partial charge in [-0.2, -0.15) is 5.10 Å². The monoisotopic (exact) mass is 852 g/mol. The number of carbonyl (C=O) groups excluding carboxylic acids is 4. The zero-order valence-electron chi connectivity index (χ0n) is 35.3. The van der Waals surface area contributed by atoms with Crippen molar-refractivity contribution in [2.24, 2.45) is 0 Å². The van der Waals surface area contributed by atoms with E-state index in [1.165, 1.54) is 6.33 Å². The quantitative estimate of drug-likeness (QED) is 0.205. The Balaban J connectivity index is 0.700. The molecule has 2 unspecified atom stereocenters. The maximum Gasteiger partial charge on any atom is 0.320 e. The second-order valence-corrected chi connectivity index (χ2v) is 17.1. The Morgan fingerprint density at radius 3 is 2.27 bits per heavy atom. The molecule has 3 aromatic carbocycles. The van der Waals surface area contributed by atoms with Gasteiger partial charge in [-0.25, -0.2) is 19.4 Å². The average molecular weight is 853 g/mol. The molecule has 4 fully saturated rings. The topological polar surface area (TPSA) is 179 Å². The molecule has 5 aromatic rings. The number of hydrogen-bond donors (Lipinski definition) is 2. The maximum absolute atomic E-state index is 14.0. The molecule has 0 bridgehead atoms. The lowest BCUT2D eigenvalue weighted by molar-refractivity contribution is -0.136. The molecule has 5 aliphatic rings. The molecule has 3 N–H and O–H groups in total. The number of aromatic nitrogens is 4. The van der Waals surface area contributed by atoms with Gasteiger partial charge in [0.15, 0.2) is 5.65 Å². The molecule has 0 radical (unpaired) electrons. The third kappa shape index (κ3) is 8.25. The van der Waals surface area contributed by atoms with Crippen LogP contribution in [0.3, 0.4) is 0 Å². The number of nitrogens with zero attached hydrogens (tertiary/aromatic N) is 10. The predicted octanol–water partition coefficient (Wildman–Crippen LogP) is 3.83. The number of nitrogens with two attached hydrogens (primary N) is 1. The van der Waals surface area contributed by atoms with Crippen molar-refractivity contribution < 1.29 is 23.9 Å². The molecule has 0 aliphatic carbocycles. The van der Waals surface area contributed by atoms with Crippen molar-refractivity contribution in [3.8, 4) is 22.8 Å². The lowest BCUT2D eigenvalue weighted by Crippen LogP contribution is -2.55. The summed E-state index contributed by atoms with van der Waals surface area (Å²) in [5.41, 5.74) is 11.4. The fourth-order valence-corrected chi connectivity index (χ4v) is 9.72. The molecule has 326 valence electrons. The molecule has 2 aromatic heterocycles. The number of ether oxygens (including phenoxy) is 1. The van der Waals surface area contributed by atoms with Crippen LogP contribution in [0.25, 0.3) is 22.3 Å². The number of amides is 5. The normalized spacial score (nSPS) is 21.2. The van der Waals surface area contributed by atoms with Gasteiger partial charge in [0.25, 0.3) is 5.91 Å². The number of likely N-dealkylation sites (tertiary alicyclic amines) is 1. The van der Waals surface area contributed by atoms with Gasteiger partial charge in [0, 0.05) is 108 Å². The molecule has 5 aliphatic heterocycles. The number of para-hydroxylation sites is 1. The zero-order chi connectivity index (χ0) is 43.0. The summed E-state index contributed by atoms with van der Waals surface area (Å²) < 4.78 is 7.96. The summed E-state index contributed by atoms with van der Waals surface area (Å²) in [4.78, 5) is 73.1.